The molecule has 0 aliphatic carbocycles. The summed E-state index contributed by atoms with van der Waals surface area (Å²) in [7, 11) is 0. The molecule has 0 fully saturated rings. The van der Waals surface area contributed by atoms with E-state index in [1.807, 2.05) is 6.92 Å². The Balaban J connectivity index is 2.57. The predicted molar refractivity (Wildman–Crippen MR) is 69.8 cm³/mol. The van der Waals surface area contributed by atoms with Gasteiger partial charge in [-0.2, -0.15) is 0 Å². The number of aryl methyl sites for hydroxylation is 1. The molecule has 1 aromatic rings. The van der Waals surface area contributed by atoms with E-state index in [9.17, 15) is 9.59 Å². The van der Waals surface area contributed by atoms with Crippen LogP contribution in [0.25, 0.3) is 0 Å². The van der Waals surface area contributed by atoms with Crippen molar-refractivity contribution in [2.75, 3.05) is 0 Å². The van der Waals surface area contributed by atoms with Crippen molar-refractivity contribution in [2.45, 2.75) is 39.8 Å². The highest BCUT2D eigenvalue weighted by Crippen LogP contribution is 2.15. The number of rotatable bonds is 5. The highest BCUT2D eigenvalue weighted by Gasteiger charge is 2.24. The quantitative estimate of drug-likeness (QED) is 0.762. The molecule has 0 radical (unpaired) electrons. The summed E-state index contributed by atoms with van der Waals surface area (Å²) in [5.74, 6) is 0.148. The molecule has 6 heteroatoms. The van der Waals surface area contributed by atoms with Gasteiger partial charge in [0, 0.05) is 0 Å². The van der Waals surface area contributed by atoms with Crippen LogP contribution in [0.5, 0.6) is 0 Å². The Morgan fingerprint density at radius 1 is 1.21 bits per heavy atom. The van der Waals surface area contributed by atoms with Gasteiger partial charge >= 0.3 is 12.0 Å². The lowest BCUT2D eigenvalue weighted by molar-refractivity contribution is -0.140. The molecule has 1 unspecified atom stereocenters. The number of furan rings is 1. The molecule has 0 aliphatic heterocycles. The maximum Gasteiger partial charge on any atom is 0.326 e. The van der Waals surface area contributed by atoms with Gasteiger partial charge in [0.1, 0.15) is 17.6 Å². The normalized spacial score (nSPS) is 13.9. The zero-order valence-corrected chi connectivity index (χ0v) is 11.6. The Morgan fingerprint density at radius 2 is 1.84 bits per heavy atom. The Hall–Kier alpha value is -1.98. The van der Waals surface area contributed by atoms with Crippen molar-refractivity contribution in [3.05, 3.63) is 23.7 Å². The number of aliphatic carboxylic acids is 1. The van der Waals surface area contributed by atoms with Crippen LogP contribution < -0.4 is 10.6 Å². The molecule has 1 rings (SSSR count). The summed E-state index contributed by atoms with van der Waals surface area (Å²) in [6.45, 7) is 7.05. The molecule has 6 nitrogen and oxygen atoms in total. The first-order valence-corrected chi connectivity index (χ1v) is 6.17. The Labute approximate surface area is 112 Å². The number of carboxylic acids is 1. The van der Waals surface area contributed by atoms with Crippen molar-refractivity contribution in [1.82, 2.24) is 10.6 Å². The van der Waals surface area contributed by atoms with E-state index in [0.717, 1.165) is 5.76 Å². The lowest BCUT2D eigenvalue weighted by Crippen LogP contribution is -2.49. The molecular formula is C13H20N2O4. The molecule has 3 N–H and O–H groups in total. The molecular weight excluding hydrogens is 248 g/mol. The molecule has 106 valence electrons. The lowest BCUT2D eigenvalue weighted by Gasteiger charge is -2.19. The first-order chi connectivity index (χ1) is 8.81. The van der Waals surface area contributed by atoms with Crippen LogP contribution >= 0.6 is 0 Å². The third-order valence-electron chi connectivity index (χ3n) is 2.75. The molecule has 0 bridgehead atoms. The zero-order valence-electron chi connectivity index (χ0n) is 11.6. The van der Waals surface area contributed by atoms with Gasteiger partial charge in [-0.25, -0.2) is 9.59 Å². The van der Waals surface area contributed by atoms with E-state index in [-0.39, 0.29) is 12.0 Å². The summed E-state index contributed by atoms with van der Waals surface area (Å²) in [4.78, 5) is 22.7. The second-order valence-electron chi connectivity index (χ2n) is 4.85. The molecule has 2 atom stereocenters. The lowest BCUT2D eigenvalue weighted by atomic mass is 10.1. The van der Waals surface area contributed by atoms with E-state index < -0.39 is 18.0 Å². The van der Waals surface area contributed by atoms with Crippen LogP contribution in [0.1, 0.15) is 38.3 Å². The maximum atomic E-state index is 11.7. The van der Waals surface area contributed by atoms with E-state index in [4.69, 9.17) is 9.52 Å². The van der Waals surface area contributed by atoms with Crippen LogP contribution in [0.3, 0.4) is 0 Å². The second-order valence-corrected chi connectivity index (χ2v) is 4.85. The Morgan fingerprint density at radius 3 is 2.26 bits per heavy atom. The van der Waals surface area contributed by atoms with Crippen molar-refractivity contribution in [1.29, 1.82) is 0 Å². The fourth-order valence-corrected chi connectivity index (χ4v) is 1.65. The number of hydrogen-bond acceptors (Lipinski definition) is 3. The highest BCUT2D eigenvalue weighted by molar-refractivity contribution is 5.82. The first kappa shape index (κ1) is 15.1. The standard InChI is InChI=1S/C13H20N2O4/c1-7(2)11(12(16)17)15-13(18)14-9(4)10-6-5-8(3)19-10/h5-7,9,11H,1-4H3,(H,16,17)(H2,14,15,18)/t9?,11-/m0/s1. The molecule has 0 spiro atoms. The van der Waals surface area contributed by atoms with Crippen LogP contribution in [-0.2, 0) is 4.79 Å². The van der Waals surface area contributed by atoms with Gasteiger partial charge in [-0.05, 0) is 31.9 Å². The van der Waals surface area contributed by atoms with Crippen LogP contribution in [0.2, 0.25) is 0 Å². The Bertz CT molecular complexity index is 453. The summed E-state index contributed by atoms with van der Waals surface area (Å²) >= 11 is 0. The topological polar surface area (TPSA) is 91.6 Å². The zero-order chi connectivity index (χ0) is 14.6. The number of carbonyl (C=O) groups is 2. The van der Waals surface area contributed by atoms with Crippen molar-refractivity contribution in [3.63, 3.8) is 0 Å². The molecule has 0 aromatic carbocycles. The monoisotopic (exact) mass is 268 g/mol. The van der Waals surface area contributed by atoms with E-state index in [1.54, 1.807) is 32.9 Å². The largest absolute Gasteiger partial charge is 0.480 e. The molecule has 0 aliphatic rings. The third kappa shape index (κ3) is 4.31. The molecule has 0 saturated carbocycles. The van der Waals surface area contributed by atoms with Gasteiger partial charge in [0.05, 0.1) is 6.04 Å². The number of amides is 2. The highest BCUT2D eigenvalue weighted by atomic mass is 16.4. The number of urea groups is 1. The van der Waals surface area contributed by atoms with Gasteiger partial charge in [-0.1, -0.05) is 13.8 Å². The van der Waals surface area contributed by atoms with Crippen LogP contribution in [0.15, 0.2) is 16.5 Å². The minimum absolute atomic E-state index is 0.190. The predicted octanol–water partition coefficient (Wildman–Crippen LogP) is 2.06. The van der Waals surface area contributed by atoms with Gasteiger partial charge in [-0.3, -0.25) is 0 Å². The third-order valence-corrected chi connectivity index (χ3v) is 2.75. The average molecular weight is 268 g/mol. The average Bonchev–Trinajstić information content (AvgIpc) is 2.72. The summed E-state index contributed by atoms with van der Waals surface area (Å²) in [6.07, 6.45) is 0. The van der Waals surface area contributed by atoms with E-state index in [0.29, 0.717) is 5.76 Å². The van der Waals surface area contributed by atoms with Crippen LogP contribution in [-0.4, -0.2) is 23.1 Å². The van der Waals surface area contributed by atoms with Crippen LogP contribution in [0.4, 0.5) is 4.79 Å². The number of carbonyl (C=O) groups excluding carboxylic acids is 1. The van der Waals surface area contributed by atoms with Crippen molar-refractivity contribution in [3.8, 4) is 0 Å². The Kier molecular flexibility index (Phi) is 4.97. The SMILES string of the molecule is Cc1ccc(C(C)NC(=O)N[C@H](C(=O)O)C(C)C)o1. The first-order valence-electron chi connectivity index (χ1n) is 6.17. The van der Waals surface area contributed by atoms with Gasteiger partial charge < -0.3 is 20.2 Å². The van der Waals surface area contributed by atoms with Crippen molar-refractivity contribution in [2.24, 2.45) is 5.92 Å². The number of hydrogen-bond donors (Lipinski definition) is 3. The fourth-order valence-electron chi connectivity index (χ4n) is 1.65. The minimum atomic E-state index is -1.05. The van der Waals surface area contributed by atoms with E-state index in [1.165, 1.54) is 0 Å². The molecule has 19 heavy (non-hydrogen) atoms. The number of carboxylic acid groups (broad SMARTS) is 1. The minimum Gasteiger partial charge on any atom is -0.480 e. The van der Waals surface area contributed by atoms with Crippen molar-refractivity contribution >= 4 is 12.0 Å². The van der Waals surface area contributed by atoms with E-state index >= 15 is 0 Å². The molecule has 1 aromatic heterocycles. The van der Waals surface area contributed by atoms with Gasteiger partial charge in [-0.15, -0.1) is 0 Å². The summed E-state index contributed by atoms with van der Waals surface area (Å²) in [6, 6.07) is 1.82. The summed E-state index contributed by atoms with van der Waals surface area (Å²) in [5.41, 5.74) is 0. The fraction of sp³-hybridized carbons (Fsp3) is 0.538. The van der Waals surface area contributed by atoms with Gasteiger partial charge in [0.2, 0.25) is 0 Å². The van der Waals surface area contributed by atoms with Gasteiger partial charge in [0.15, 0.2) is 0 Å². The molecule has 2 amide bonds. The second kappa shape index (κ2) is 6.26. The van der Waals surface area contributed by atoms with Crippen LogP contribution in [0, 0.1) is 12.8 Å². The van der Waals surface area contributed by atoms with Gasteiger partial charge in [0.25, 0.3) is 0 Å². The summed E-state index contributed by atoms with van der Waals surface area (Å²) in [5, 5.41) is 14.1. The molecule has 1 heterocycles. The molecule has 0 saturated heterocycles. The summed E-state index contributed by atoms with van der Waals surface area (Å²) < 4.78 is 5.39. The van der Waals surface area contributed by atoms with E-state index in [2.05, 4.69) is 10.6 Å². The number of nitrogens with one attached hydrogen (secondary N) is 2. The van der Waals surface area contributed by atoms with Crippen molar-refractivity contribution < 1.29 is 19.1 Å². The smallest absolute Gasteiger partial charge is 0.326 e. The maximum absolute atomic E-state index is 11.7.